The van der Waals surface area contributed by atoms with Gasteiger partial charge >= 0.3 is 0 Å². The summed E-state index contributed by atoms with van der Waals surface area (Å²) in [4.78, 5) is 4.83. The molecule has 176 valence electrons. The third-order valence-electron chi connectivity index (χ3n) is 5.49. The number of benzene rings is 3. The zero-order valence-corrected chi connectivity index (χ0v) is 20.3. The fraction of sp³-hybridized carbons (Fsp3) is 0.192. The van der Waals surface area contributed by atoms with E-state index in [9.17, 15) is 8.42 Å². The zero-order chi connectivity index (χ0) is 24.3. The lowest BCUT2D eigenvalue weighted by atomic mass is 10.2. The highest BCUT2D eigenvalue weighted by atomic mass is 32.2. The maximum atomic E-state index is 13.7. The van der Waals surface area contributed by atoms with Crippen molar-refractivity contribution in [1.82, 2.24) is 4.98 Å². The number of methoxy groups -OCH3 is 2. The maximum absolute atomic E-state index is 13.7. The van der Waals surface area contributed by atoms with Crippen molar-refractivity contribution in [2.24, 2.45) is 0 Å². The molecule has 1 heterocycles. The van der Waals surface area contributed by atoms with Crippen LogP contribution < -0.4 is 13.8 Å². The third-order valence-corrected chi connectivity index (χ3v) is 7.28. The summed E-state index contributed by atoms with van der Waals surface area (Å²) in [5.41, 5.74) is 2.66. The number of hydrogen-bond acceptors (Lipinski definition) is 6. The molecule has 0 amide bonds. The first-order valence-corrected chi connectivity index (χ1v) is 12.1. The minimum Gasteiger partial charge on any atom is -0.497 e. The minimum atomic E-state index is -3.89. The molecule has 0 bridgehead atoms. The first-order valence-electron chi connectivity index (χ1n) is 10.7. The van der Waals surface area contributed by atoms with Gasteiger partial charge in [0, 0.05) is 0 Å². The van der Waals surface area contributed by atoms with Crippen molar-refractivity contribution < 1.29 is 22.3 Å². The van der Waals surface area contributed by atoms with Crippen LogP contribution in [0, 0.1) is 13.8 Å². The predicted octanol–water partition coefficient (Wildman–Crippen LogP) is 5.37. The van der Waals surface area contributed by atoms with Crippen molar-refractivity contribution in [3.05, 3.63) is 89.8 Å². The Morgan fingerprint density at radius 2 is 1.56 bits per heavy atom. The fourth-order valence-corrected chi connectivity index (χ4v) is 4.97. The van der Waals surface area contributed by atoms with Crippen molar-refractivity contribution in [3.8, 4) is 23.0 Å². The van der Waals surface area contributed by atoms with E-state index >= 15 is 0 Å². The van der Waals surface area contributed by atoms with Crippen LogP contribution in [0.1, 0.15) is 17.0 Å². The van der Waals surface area contributed by atoms with Crippen LogP contribution in [0.3, 0.4) is 0 Å². The molecule has 4 aromatic rings. The number of ether oxygens (including phenoxy) is 2. The van der Waals surface area contributed by atoms with Gasteiger partial charge in [0.1, 0.15) is 23.0 Å². The van der Waals surface area contributed by atoms with E-state index in [1.165, 1.54) is 4.31 Å². The second-order valence-electron chi connectivity index (χ2n) is 7.74. The van der Waals surface area contributed by atoms with Gasteiger partial charge in [-0.15, -0.1) is 0 Å². The second-order valence-corrected chi connectivity index (χ2v) is 9.61. The molecule has 0 spiro atoms. The van der Waals surface area contributed by atoms with Crippen LogP contribution in [0.25, 0.3) is 11.5 Å². The Morgan fingerprint density at radius 3 is 2.21 bits per heavy atom. The molecule has 0 aliphatic heterocycles. The monoisotopic (exact) mass is 478 g/mol. The van der Waals surface area contributed by atoms with Crippen LogP contribution in [0.2, 0.25) is 0 Å². The predicted molar refractivity (Wildman–Crippen MR) is 131 cm³/mol. The molecule has 8 heteroatoms. The molecule has 1 aromatic heterocycles. The van der Waals surface area contributed by atoms with Gasteiger partial charge in [0.15, 0.2) is 0 Å². The fourth-order valence-electron chi connectivity index (χ4n) is 3.55. The Morgan fingerprint density at radius 1 is 0.882 bits per heavy atom. The smallest absolute Gasteiger partial charge is 0.264 e. The van der Waals surface area contributed by atoms with Crippen molar-refractivity contribution in [1.29, 1.82) is 0 Å². The van der Waals surface area contributed by atoms with Crippen molar-refractivity contribution in [2.45, 2.75) is 25.3 Å². The number of nitrogens with zero attached hydrogens (tertiary/aromatic N) is 2. The molecule has 34 heavy (non-hydrogen) atoms. The van der Waals surface area contributed by atoms with Crippen molar-refractivity contribution in [3.63, 3.8) is 0 Å². The number of aryl methyl sites for hydroxylation is 2. The Kier molecular flexibility index (Phi) is 6.61. The van der Waals surface area contributed by atoms with Crippen LogP contribution in [0.15, 0.2) is 82.1 Å². The number of anilines is 1. The number of rotatable bonds is 8. The Hall–Kier alpha value is -3.78. The highest BCUT2D eigenvalue weighted by molar-refractivity contribution is 7.92. The molecule has 0 N–H and O–H groups in total. The summed E-state index contributed by atoms with van der Waals surface area (Å²) in [6.45, 7) is 3.68. The largest absolute Gasteiger partial charge is 0.497 e. The Bertz CT molecular complexity index is 1380. The standard InChI is InChI=1S/C26H26N2O5S/c1-18-9-15-22(16-10-18)34(29,30)28(20-11-13-21(31-3)14-12-20)17-24-19(2)33-26(27-24)23-7-5-6-8-25(23)32-4/h5-16H,17H2,1-4H3. The molecule has 0 aliphatic carbocycles. The van der Waals surface area contributed by atoms with Gasteiger partial charge in [-0.25, -0.2) is 13.4 Å². The van der Waals surface area contributed by atoms with E-state index in [4.69, 9.17) is 13.9 Å². The quantitative estimate of drug-likeness (QED) is 0.339. The number of oxazole rings is 1. The maximum Gasteiger partial charge on any atom is 0.264 e. The molecule has 0 radical (unpaired) electrons. The summed E-state index contributed by atoms with van der Waals surface area (Å²) < 4.78 is 45.3. The van der Waals surface area contributed by atoms with E-state index in [2.05, 4.69) is 4.98 Å². The minimum absolute atomic E-state index is 0.00692. The third kappa shape index (κ3) is 4.63. The zero-order valence-electron chi connectivity index (χ0n) is 19.5. The van der Waals surface area contributed by atoms with E-state index in [0.717, 1.165) is 5.56 Å². The summed E-state index contributed by atoms with van der Waals surface area (Å²) in [6.07, 6.45) is 0. The van der Waals surface area contributed by atoms with E-state index in [1.54, 1.807) is 69.7 Å². The van der Waals surface area contributed by atoms with E-state index in [0.29, 0.717) is 40.1 Å². The van der Waals surface area contributed by atoms with Crippen LogP contribution in [0.5, 0.6) is 11.5 Å². The summed E-state index contributed by atoms with van der Waals surface area (Å²) in [7, 11) is -0.746. The summed E-state index contributed by atoms with van der Waals surface area (Å²) >= 11 is 0. The van der Waals surface area contributed by atoms with Crippen LogP contribution in [0.4, 0.5) is 5.69 Å². The first-order chi connectivity index (χ1) is 16.3. The first kappa shape index (κ1) is 23.4. The topological polar surface area (TPSA) is 81.9 Å². The van der Waals surface area contributed by atoms with E-state index < -0.39 is 10.0 Å². The average Bonchev–Trinajstić information content (AvgIpc) is 3.22. The molecule has 0 aliphatic rings. The van der Waals surface area contributed by atoms with Crippen LogP contribution in [-0.2, 0) is 16.6 Å². The number of sulfonamides is 1. The van der Waals surface area contributed by atoms with Crippen molar-refractivity contribution in [2.75, 3.05) is 18.5 Å². The van der Waals surface area contributed by atoms with Gasteiger partial charge in [-0.3, -0.25) is 4.31 Å². The summed E-state index contributed by atoms with van der Waals surface area (Å²) in [6, 6.07) is 21.0. The molecule has 0 unspecified atom stereocenters. The lowest BCUT2D eigenvalue weighted by Gasteiger charge is -2.24. The van der Waals surface area contributed by atoms with Gasteiger partial charge in [-0.05, 0) is 62.4 Å². The van der Waals surface area contributed by atoms with Gasteiger partial charge in [-0.2, -0.15) is 0 Å². The molecule has 0 fully saturated rings. The van der Waals surface area contributed by atoms with Gasteiger partial charge < -0.3 is 13.9 Å². The average molecular weight is 479 g/mol. The molecule has 7 nitrogen and oxygen atoms in total. The van der Waals surface area contributed by atoms with Gasteiger partial charge in [-0.1, -0.05) is 29.8 Å². The van der Waals surface area contributed by atoms with Crippen LogP contribution >= 0.6 is 0 Å². The van der Waals surface area contributed by atoms with E-state index in [-0.39, 0.29) is 11.4 Å². The molecule has 0 atom stereocenters. The molecule has 0 saturated carbocycles. The number of para-hydroxylation sites is 1. The van der Waals surface area contributed by atoms with Gasteiger partial charge in [0.05, 0.1) is 36.9 Å². The molecular weight excluding hydrogens is 452 g/mol. The molecular formula is C26H26N2O5S. The molecule has 4 rings (SSSR count). The second kappa shape index (κ2) is 9.61. The number of aromatic nitrogens is 1. The lowest BCUT2D eigenvalue weighted by Crippen LogP contribution is -2.31. The highest BCUT2D eigenvalue weighted by Gasteiger charge is 2.28. The van der Waals surface area contributed by atoms with Crippen LogP contribution in [-0.4, -0.2) is 27.6 Å². The number of hydrogen-bond donors (Lipinski definition) is 0. The Balaban J connectivity index is 1.77. The summed E-state index contributed by atoms with van der Waals surface area (Å²) in [5.74, 6) is 2.15. The molecule has 3 aromatic carbocycles. The Labute approximate surface area is 199 Å². The van der Waals surface area contributed by atoms with Gasteiger partial charge in [0.2, 0.25) is 5.89 Å². The van der Waals surface area contributed by atoms with Crippen molar-refractivity contribution >= 4 is 15.7 Å². The summed E-state index contributed by atoms with van der Waals surface area (Å²) in [5, 5.41) is 0. The highest BCUT2D eigenvalue weighted by Crippen LogP contribution is 2.33. The normalized spacial score (nSPS) is 11.3. The van der Waals surface area contributed by atoms with Gasteiger partial charge in [0.25, 0.3) is 10.0 Å². The SMILES string of the molecule is COc1ccc(N(Cc2nc(-c3ccccc3OC)oc2C)S(=O)(=O)c2ccc(C)cc2)cc1. The molecule has 0 saturated heterocycles. The lowest BCUT2D eigenvalue weighted by molar-refractivity contribution is 0.414. The van der Waals surface area contributed by atoms with E-state index in [1.807, 2.05) is 31.2 Å².